The fourth-order valence-corrected chi connectivity index (χ4v) is 2.50. The van der Waals surface area contributed by atoms with Crippen LogP contribution in [0.3, 0.4) is 0 Å². The molecule has 2 saturated heterocycles. The molecule has 5 nitrogen and oxygen atoms in total. The lowest BCUT2D eigenvalue weighted by Crippen LogP contribution is -2.47. The first-order valence-electron chi connectivity index (χ1n) is 6.40. The molecule has 3 atom stereocenters. The minimum absolute atomic E-state index is 0.0682. The minimum atomic E-state index is -0.853. The number of rotatable bonds is 3. The molecule has 5 heteroatoms. The van der Waals surface area contributed by atoms with Crippen LogP contribution in [0, 0.1) is 5.92 Å². The van der Waals surface area contributed by atoms with Crippen LogP contribution in [0.2, 0.25) is 0 Å². The van der Waals surface area contributed by atoms with E-state index in [0.717, 1.165) is 19.4 Å². The zero-order chi connectivity index (χ0) is 12.3. The number of carbonyl (C=O) groups excluding carboxylic acids is 1. The smallest absolute Gasteiger partial charge is 0.223 e. The molecule has 0 aromatic heterocycles. The molecule has 0 saturated carbocycles. The molecule has 2 heterocycles. The number of ether oxygens (including phenoxy) is 1. The van der Waals surface area contributed by atoms with Crippen LogP contribution in [-0.4, -0.2) is 49.0 Å². The standard InChI is InChI=1S/C12H22N2O3/c1-9-6-10(2-4-13-9)11(15)14-7-12(16)3-5-17-8-12/h9-10,13,16H,2-8H2,1H3,(H,14,15). The van der Waals surface area contributed by atoms with Crippen LogP contribution < -0.4 is 10.6 Å². The summed E-state index contributed by atoms with van der Waals surface area (Å²) in [6.45, 7) is 4.21. The van der Waals surface area contributed by atoms with Crippen LogP contribution in [0.1, 0.15) is 26.2 Å². The molecule has 0 aliphatic carbocycles. The summed E-state index contributed by atoms with van der Waals surface area (Å²) >= 11 is 0. The lowest BCUT2D eigenvalue weighted by Gasteiger charge is -2.28. The number of carbonyl (C=O) groups is 1. The Morgan fingerprint density at radius 1 is 1.65 bits per heavy atom. The van der Waals surface area contributed by atoms with E-state index in [4.69, 9.17) is 4.74 Å². The van der Waals surface area contributed by atoms with Gasteiger partial charge < -0.3 is 20.5 Å². The zero-order valence-electron chi connectivity index (χ0n) is 10.4. The molecule has 0 bridgehead atoms. The Kier molecular flexibility index (Phi) is 4.01. The average molecular weight is 242 g/mol. The van der Waals surface area contributed by atoms with Gasteiger partial charge in [0.15, 0.2) is 0 Å². The predicted molar refractivity (Wildman–Crippen MR) is 63.6 cm³/mol. The van der Waals surface area contributed by atoms with Crippen LogP contribution in [0.15, 0.2) is 0 Å². The Labute approximate surface area is 102 Å². The van der Waals surface area contributed by atoms with Crippen molar-refractivity contribution >= 4 is 5.91 Å². The van der Waals surface area contributed by atoms with Gasteiger partial charge in [0, 0.05) is 31.5 Å². The van der Waals surface area contributed by atoms with E-state index in [1.165, 1.54) is 0 Å². The second kappa shape index (κ2) is 5.33. The predicted octanol–water partition coefficient (Wildman–Crippen LogP) is -0.358. The van der Waals surface area contributed by atoms with Crippen LogP contribution in [-0.2, 0) is 9.53 Å². The van der Waals surface area contributed by atoms with E-state index in [9.17, 15) is 9.90 Å². The van der Waals surface area contributed by atoms with Crippen molar-refractivity contribution in [2.75, 3.05) is 26.3 Å². The molecule has 1 amide bonds. The summed E-state index contributed by atoms with van der Waals surface area (Å²) in [5.74, 6) is 0.149. The van der Waals surface area contributed by atoms with Crippen molar-refractivity contribution in [3.63, 3.8) is 0 Å². The van der Waals surface area contributed by atoms with Gasteiger partial charge in [0.05, 0.1) is 6.61 Å². The lowest BCUT2D eigenvalue weighted by atomic mass is 9.92. The van der Waals surface area contributed by atoms with Crippen molar-refractivity contribution in [1.29, 1.82) is 0 Å². The van der Waals surface area contributed by atoms with E-state index in [2.05, 4.69) is 17.6 Å². The second-order valence-corrected chi connectivity index (χ2v) is 5.32. The SMILES string of the molecule is CC1CC(C(=O)NCC2(O)CCOC2)CCN1. The Morgan fingerprint density at radius 3 is 3.12 bits per heavy atom. The van der Waals surface area contributed by atoms with Gasteiger partial charge in [-0.05, 0) is 26.3 Å². The van der Waals surface area contributed by atoms with Crippen molar-refractivity contribution in [1.82, 2.24) is 10.6 Å². The fourth-order valence-electron chi connectivity index (χ4n) is 2.50. The number of nitrogens with one attached hydrogen (secondary N) is 2. The number of hydrogen-bond donors (Lipinski definition) is 3. The van der Waals surface area contributed by atoms with Gasteiger partial charge >= 0.3 is 0 Å². The highest BCUT2D eigenvalue weighted by Crippen LogP contribution is 2.19. The highest BCUT2D eigenvalue weighted by atomic mass is 16.5. The molecular weight excluding hydrogens is 220 g/mol. The summed E-state index contributed by atoms with van der Waals surface area (Å²) in [6.07, 6.45) is 2.36. The lowest BCUT2D eigenvalue weighted by molar-refractivity contribution is -0.127. The van der Waals surface area contributed by atoms with Crippen molar-refractivity contribution in [3.05, 3.63) is 0 Å². The first kappa shape index (κ1) is 12.8. The zero-order valence-corrected chi connectivity index (χ0v) is 10.4. The third-order valence-electron chi connectivity index (χ3n) is 3.67. The van der Waals surface area contributed by atoms with Crippen LogP contribution in [0.25, 0.3) is 0 Å². The fraction of sp³-hybridized carbons (Fsp3) is 0.917. The summed E-state index contributed by atoms with van der Waals surface area (Å²) in [5, 5.41) is 16.2. The summed E-state index contributed by atoms with van der Waals surface area (Å²) < 4.78 is 5.14. The summed E-state index contributed by atoms with van der Waals surface area (Å²) in [5.41, 5.74) is -0.853. The molecule has 98 valence electrons. The third-order valence-corrected chi connectivity index (χ3v) is 3.67. The number of aliphatic hydroxyl groups is 1. The van der Waals surface area contributed by atoms with Gasteiger partial charge in [0.2, 0.25) is 5.91 Å². The van der Waals surface area contributed by atoms with Gasteiger partial charge in [-0.3, -0.25) is 4.79 Å². The molecule has 0 aromatic rings. The molecule has 0 spiro atoms. The second-order valence-electron chi connectivity index (χ2n) is 5.32. The number of amides is 1. The van der Waals surface area contributed by atoms with Gasteiger partial charge in [-0.25, -0.2) is 0 Å². The quantitative estimate of drug-likeness (QED) is 0.632. The van der Waals surface area contributed by atoms with Crippen LogP contribution in [0.4, 0.5) is 0 Å². The van der Waals surface area contributed by atoms with Crippen LogP contribution in [0.5, 0.6) is 0 Å². The molecule has 2 fully saturated rings. The number of piperidine rings is 1. The van der Waals surface area contributed by atoms with E-state index < -0.39 is 5.60 Å². The highest BCUT2D eigenvalue weighted by molar-refractivity contribution is 5.78. The summed E-state index contributed by atoms with van der Waals surface area (Å²) in [7, 11) is 0. The molecule has 0 aromatic carbocycles. The topological polar surface area (TPSA) is 70.6 Å². The molecular formula is C12H22N2O3. The van der Waals surface area contributed by atoms with Crippen molar-refractivity contribution in [3.8, 4) is 0 Å². The Balaban J connectivity index is 1.76. The normalized spacial score (nSPS) is 38.0. The Bertz CT molecular complexity index is 277. The first-order chi connectivity index (χ1) is 8.09. The van der Waals surface area contributed by atoms with Crippen molar-refractivity contribution in [2.45, 2.75) is 37.8 Å². The summed E-state index contributed by atoms with van der Waals surface area (Å²) in [6, 6.07) is 0.400. The molecule has 2 aliphatic heterocycles. The van der Waals surface area contributed by atoms with Gasteiger partial charge in [-0.15, -0.1) is 0 Å². The first-order valence-corrected chi connectivity index (χ1v) is 6.40. The molecule has 2 rings (SSSR count). The Morgan fingerprint density at radius 2 is 2.47 bits per heavy atom. The molecule has 2 aliphatic rings. The molecule has 3 N–H and O–H groups in total. The monoisotopic (exact) mass is 242 g/mol. The maximum absolute atomic E-state index is 12.0. The van der Waals surface area contributed by atoms with Crippen molar-refractivity contribution < 1.29 is 14.6 Å². The van der Waals surface area contributed by atoms with E-state index >= 15 is 0 Å². The molecule has 17 heavy (non-hydrogen) atoms. The van der Waals surface area contributed by atoms with Gasteiger partial charge in [-0.1, -0.05) is 0 Å². The average Bonchev–Trinajstić information content (AvgIpc) is 2.74. The van der Waals surface area contributed by atoms with E-state index in [-0.39, 0.29) is 11.8 Å². The van der Waals surface area contributed by atoms with E-state index in [0.29, 0.717) is 32.2 Å². The summed E-state index contributed by atoms with van der Waals surface area (Å²) in [4.78, 5) is 12.0. The maximum Gasteiger partial charge on any atom is 0.223 e. The molecule has 3 unspecified atom stereocenters. The third kappa shape index (κ3) is 3.40. The van der Waals surface area contributed by atoms with Gasteiger partial charge in [0.1, 0.15) is 5.60 Å². The van der Waals surface area contributed by atoms with E-state index in [1.54, 1.807) is 0 Å². The van der Waals surface area contributed by atoms with Crippen LogP contribution >= 0.6 is 0 Å². The highest BCUT2D eigenvalue weighted by Gasteiger charge is 2.33. The van der Waals surface area contributed by atoms with Crippen molar-refractivity contribution in [2.24, 2.45) is 5.92 Å². The minimum Gasteiger partial charge on any atom is -0.386 e. The van der Waals surface area contributed by atoms with E-state index in [1.807, 2.05) is 0 Å². The molecule has 0 radical (unpaired) electrons. The van der Waals surface area contributed by atoms with Gasteiger partial charge in [-0.2, -0.15) is 0 Å². The largest absolute Gasteiger partial charge is 0.386 e. The maximum atomic E-state index is 12.0. The van der Waals surface area contributed by atoms with Gasteiger partial charge in [0.25, 0.3) is 0 Å². The Hall–Kier alpha value is -0.650. The number of hydrogen-bond acceptors (Lipinski definition) is 4.